The van der Waals surface area contributed by atoms with E-state index in [0.29, 0.717) is 30.9 Å². The third-order valence-corrected chi connectivity index (χ3v) is 4.32. The van der Waals surface area contributed by atoms with E-state index in [1.807, 2.05) is 6.07 Å². The molecule has 6 heteroatoms. The second-order valence-electron chi connectivity index (χ2n) is 5.72. The minimum Gasteiger partial charge on any atom is -0.550 e. The van der Waals surface area contributed by atoms with E-state index < -0.39 is 17.8 Å². The first-order valence-electron chi connectivity index (χ1n) is 7.76. The number of rotatable bonds is 6. The molecule has 1 aliphatic carbocycles. The fourth-order valence-corrected chi connectivity index (χ4v) is 3.04. The van der Waals surface area contributed by atoms with Gasteiger partial charge in [-0.15, -0.1) is 0 Å². The molecule has 0 aromatic heterocycles. The zero-order chi connectivity index (χ0) is 16.8. The van der Waals surface area contributed by atoms with Crippen LogP contribution in [-0.2, 0) is 16.1 Å². The molecule has 23 heavy (non-hydrogen) atoms. The molecule has 2 atom stereocenters. The zero-order valence-electron chi connectivity index (χ0n) is 13.5. The Morgan fingerprint density at radius 1 is 1.13 bits per heavy atom. The molecule has 1 aromatic rings. The molecule has 126 valence electrons. The first kappa shape index (κ1) is 17.1. The fourth-order valence-electron chi connectivity index (χ4n) is 3.04. The summed E-state index contributed by atoms with van der Waals surface area (Å²) in [6.07, 6.45) is 2.81. The van der Waals surface area contributed by atoms with E-state index in [-0.39, 0.29) is 5.91 Å². The van der Waals surface area contributed by atoms with Crippen molar-refractivity contribution in [2.24, 2.45) is 11.8 Å². The number of carboxylic acids is 1. The van der Waals surface area contributed by atoms with Gasteiger partial charge < -0.3 is 24.7 Å². The number of hydrogen-bond donors (Lipinski definition) is 1. The first-order valence-corrected chi connectivity index (χ1v) is 7.76. The van der Waals surface area contributed by atoms with Crippen LogP contribution in [0.25, 0.3) is 0 Å². The summed E-state index contributed by atoms with van der Waals surface area (Å²) in [7, 11) is 3.11. The highest BCUT2D eigenvalue weighted by Crippen LogP contribution is 2.30. The molecule has 0 bridgehead atoms. The molecule has 0 aliphatic heterocycles. The summed E-state index contributed by atoms with van der Waals surface area (Å²) in [6.45, 7) is 0.315. The molecule has 1 fully saturated rings. The smallest absolute Gasteiger partial charge is 0.224 e. The minimum absolute atomic E-state index is 0.228. The van der Waals surface area contributed by atoms with Crippen LogP contribution in [0.4, 0.5) is 0 Å². The largest absolute Gasteiger partial charge is 0.550 e. The highest BCUT2D eigenvalue weighted by Gasteiger charge is 2.31. The summed E-state index contributed by atoms with van der Waals surface area (Å²) in [4.78, 5) is 23.5. The van der Waals surface area contributed by atoms with Crippen molar-refractivity contribution in [3.63, 3.8) is 0 Å². The van der Waals surface area contributed by atoms with Crippen molar-refractivity contribution < 1.29 is 24.2 Å². The summed E-state index contributed by atoms with van der Waals surface area (Å²) >= 11 is 0. The Balaban J connectivity index is 1.99. The number of amides is 1. The number of ether oxygens (including phenoxy) is 2. The summed E-state index contributed by atoms with van der Waals surface area (Å²) in [5, 5.41) is 14.0. The Morgan fingerprint density at radius 3 is 2.39 bits per heavy atom. The SMILES string of the molecule is COc1ccc(CNC(=O)[C@@H]2CCCC[C@H]2C(=O)[O-])cc1OC. The van der Waals surface area contributed by atoms with Gasteiger partial charge in [0.1, 0.15) is 0 Å². The minimum atomic E-state index is -1.13. The zero-order valence-corrected chi connectivity index (χ0v) is 13.5. The highest BCUT2D eigenvalue weighted by atomic mass is 16.5. The number of nitrogens with one attached hydrogen (secondary N) is 1. The molecule has 1 aromatic carbocycles. The highest BCUT2D eigenvalue weighted by molar-refractivity contribution is 5.84. The van der Waals surface area contributed by atoms with E-state index in [1.165, 1.54) is 0 Å². The van der Waals surface area contributed by atoms with E-state index in [2.05, 4.69) is 5.32 Å². The Morgan fingerprint density at radius 2 is 1.78 bits per heavy atom. The van der Waals surface area contributed by atoms with Crippen LogP contribution >= 0.6 is 0 Å². The van der Waals surface area contributed by atoms with Crippen LogP contribution in [0.5, 0.6) is 11.5 Å². The van der Waals surface area contributed by atoms with Crippen molar-refractivity contribution in [3.05, 3.63) is 23.8 Å². The lowest BCUT2D eigenvalue weighted by Gasteiger charge is -2.31. The summed E-state index contributed by atoms with van der Waals surface area (Å²) < 4.78 is 10.4. The molecule has 0 saturated heterocycles. The van der Waals surface area contributed by atoms with E-state index in [1.54, 1.807) is 26.4 Å². The Hall–Kier alpha value is -2.24. The molecule has 1 N–H and O–H groups in total. The van der Waals surface area contributed by atoms with Gasteiger partial charge in [0, 0.05) is 24.3 Å². The van der Waals surface area contributed by atoms with Crippen LogP contribution in [-0.4, -0.2) is 26.1 Å². The summed E-state index contributed by atoms with van der Waals surface area (Å²) in [6, 6.07) is 5.39. The Labute approximate surface area is 135 Å². The molecule has 2 rings (SSSR count). The van der Waals surface area contributed by atoms with E-state index in [4.69, 9.17) is 9.47 Å². The van der Waals surface area contributed by atoms with Crippen molar-refractivity contribution in [3.8, 4) is 11.5 Å². The maximum absolute atomic E-state index is 12.3. The molecule has 1 saturated carbocycles. The van der Waals surface area contributed by atoms with E-state index in [0.717, 1.165) is 18.4 Å². The molecular formula is C17H22NO5-. The number of carboxylic acid groups (broad SMARTS) is 1. The predicted octanol–water partition coefficient (Wildman–Crippen LogP) is 0.876. The van der Waals surface area contributed by atoms with Crippen molar-refractivity contribution in [1.82, 2.24) is 5.32 Å². The monoisotopic (exact) mass is 320 g/mol. The lowest BCUT2D eigenvalue weighted by atomic mass is 9.78. The quantitative estimate of drug-likeness (QED) is 0.840. The maximum Gasteiger partial charge on any atom is 0.224 e. The van der Waals surface area contributed by atoms with Crippen LogP contribution in [0.15, 0.2) is 18.2 Å². The molecule has 6 nitrogen and oxygen atoms in total. The fraction of sp³-hybridized carbons (Fsp3) is 0.529. The Kier molecular flexibility index (Phi) is 5.84. The molecular weight excluding hydrogens is 298 g/mol. The van der Waals surface area contributed by atoms with Gasteiger partial charge in [0.15, 0.2) is 11.5 Å². The van der Waals surface area contributed by atoms with Gasteiger partial charge in [-0.05, 0) is 30.5 Å². The molecule has 0 heterocycles. The third kappa shape index (κ3) is 4.15. The van der Waals surface area contributed by atoms with Crippen LogP contribution in [0, 0.1) is 11.8 Å². The van der Waals surface area contributed by atoms with E-state index in [9.17, 15) is 14.7 Å². The van der Waals surface area contributed by atoms with Gasteiger partial charge in [-0.25, -0.2) is 0 Å². The number of aliphatic carboxylic acids is 1. The van der Waals surface area contributed by atoms with Gasteiger partial charge in [-0.1, -0.05) is 18.9 Å². The lowest BCUT2D eigenvalue weighted by Crippen LogP contribution is -2.44. The van der Waals surface area contributed by atoms with Crippen LogP contribution in [0.2, 0.25) is 0 Å². The van der Waals surface area contributed by atoms with Gasteiger partial charge in [0.2, 0.25) is 5.91 Å². The van der Waals surface area contributed by atoms with Gasteiger partial charge in [0.05, 0.1) is 14.2 Å². The second kappa shape index (κ2) is 7.85. The van der Waals surface area contributed by atoms with Gasteiger partial charge in [0.25, 0.3) is 0 Å². The number of methoxy groups -OCH3 is 2. The van der Waals surface area contributed by atoms with Crippen molar-refractivity contribution >= 4 is 11.9 Å². The standard InChI is InChI=1S/C17H23NO5/c1-22-14-8-7-11(9-15(14)23-2)10-18-16(19)12-5-3-4-6-13(12)17(20)21/h7-9,12-13H,3-6,10H2,1-2H3,(H,18,19)(H,20,21)/p-1/t12-,13-/m1/s1. The number of carbonyl (C=O) groups is 2. The average Bonchev–Trinajstić information content (AvgIpc) is 2.59. The number of benzene rings is 1. The molecule has 1 amide bonds. The van der Waals surface area contributed by atoms with Gasteiger partial charge in [-0.2, -0.15) is 0 Å². The number of carbonyl (C=O) groups excluding carboxylic acids is 2. The van der Waals surface area contributed by atoms with Crippen LogP contribution in [0.1, 0.15) is 31.2 Å². The van der Waals surface area contributed by atoms with Crippen molar-refractivity contribution in [1.29, 1.82) is 0 Å². The first-order chi connectivity index (χ1) is 11.1. The summed E-state index contributed by atoms with van der Waals surface area (Å²) in [5.41, 5.74) is 0.858. The van der Waals surface area contributed by atoms with Gasteiger partial charge in [-0.3, -0.25) is 4.79 Å². The number of hydrogen-bond acceptors (Lipinski definition) is 5. The van der Waals surface area contributed by atoms with Gasteiger partial charge >= 0.3 is 0 Å². The molecule has 1 aliphatic rings. The topological polar surface area (TPSA) is 87.7 Å². The predicted molar refractivity (Wildman–Crippen MR) is 81.8 cm³/mol. The molecule has 0 unspecified atom stereocenters. The normalized spacial score (nSPS) is 20.6. The summed E-state index contributed by atoms with van der Waals surface area (Å²) in [5.74, 6) is -1.34. The van der Waals surface area contributed by atoms with Crippen molar-refractivity contribution in [2.45, 2.75) is 32.2 Å². The van der Waals surface area contributed by atoms with E-state index >= 15 is 0 Å². The molecule has 0 spiro atoms. The van der Waals surface area contributed by atoms with Crippen molar-refractivity contribution in [2.75, 3.05) is 14.2 Å². The maximum atomic E-state index is 12.3. The Bertz CT molecular complexity index is 572. The third-order valence-electron chi connectivity index (χ3n) is 4.32. The van der Waals surface area contributed by atoms with Crippen LogP contribution < -0.4 is 19.9 Å². The molecule has 0 radical (unpaired) electrons. The van der Waals surface area contributed by atoms with Crippen LogP contribution in [0.3, 0.4) is 0 Å². The second-order valence-corrected chi connectivity index (χ2v) is 5.72. The average molecular weight is 320 g/mol. The lowest BCUT2D eigenvalue weighted by molar-refractivity contribution is -0.314.